The maximum atomic E-state index is 12.8. The Bertz CT molecular complexity index is 968. The lowest BCUT2D eigenvalue weighted by molar-refractivity contribution is -0.138. The number of aromatic amines is 1. The van der Waals surface area contributed by atoms with Crippen LogP contribution in [0.3, 0.4) is 0 Å². The van der Waals surface area contributed by atoms with Gasteiger partial charge >= 0.3 is 5.97 Å². The maximum Gasteiger partial charge on any atom is 0.336 e. The summed E-state index contributed by atoms with van der Waals surface area (Å²) >= 11 is 5.15. The molecule has 0 radical (unpaired) electrons. The monoisotopic (exact) mass is 386 g/mol. The van der Waals surface area contributed by atoms with Crippen molar-refractivity contribution in [2.75, 3.05) is 24.3 Å². The number of nitrogen functional groups attached to an aromatic ring is 1. The van der Waals surface area contributed by atoms with Crippen molar-refractivity contribution in [3.63, 3.8) is 0 Å². The Hall–Kier alpha value is -2.87. The average molecular weight is 386 g/mol. The quantitative estimate of drug-likeness (QED) is 0.534. The number of anilines is 2. The van der Waals surface area contributed by atoms with Crippen LogP contribution in [0.25, 0.3) is 0 Å². The number of esters is 1. The number of nitrogens with two attached hydrogens (primary N) is 1. The summed E-state index contributed by atoms with van der Waals surface area (Å²) in [7, 11) is 0. The second-order valence-electron chi connectivity index (χ2n) is 6.01. The van der Waals surface area contributed by atoms with Crippen molar-refractivity contribution >= 4 is 29.8 Å². The zero-order valence-corrected chi connectivity index (χ0v) is 16.3. The largest absolute Gasteiger partial charge is 0.494 e. The van der Waals surface area contributed by atoms with E-state index < -0.39 is 11.9 Å². The fraction of sp³-hybridized carbons (Fsp3) is 0.316. The van der Waals surface area contributed by atoms with E-state index in [-0.39, 0.29) is 11.4 Å². The number of allylic oxidation sites excluding steroid dienone is 1. The number of rotatable bonds is 5. The molecule has 7 nitrogen and oxygen atoms in total. The van der Waals surface area contributed by atoms with Gasteiger partial charge in [0.15, 0.2) is 4.77 Å². The van der Waals surface area contributed by atoms with Gasteiger partial charge in [-0.2, -0.15) is 0 Å². The first-order chi connectivity index (χ1) is 13.0. The van der Waals surface area contributed by atoms with Gasteiger partial charge in [0, 0.05) is 16.8 Å². The van der Waals surface area contributed by atoms with Crippen LogP contribution < -0.4 is 15.8 Å². The third-order valence-corrected chi connectivity index (χ3v) is 4.51. The predicted octanol–water partition coefficient (Wildman–Crippen LogP) is 3.51. The van der Waals surface area contributed by atoms with E-state index in [1.165, 1.54) is 0 Å². The molecule has 0 fully saturated rings. The Morgan fingerprint density at radius 1 is 1.30 bits per heavy atom. The summed E-state index contributed by atoms with van der Waals surface area (Å²) in [4.78, 5) is 20.0. The number of benzene rings is 1. The summed E-state index contributed by atoms with van der Waals surface area (Å²) in [5.74, 6) is 0.643. The first-order valence-corrected chi connectivity index (χ1v) is 9.15. The predicted molar refractivity (Wildman–Crippen MR) is 106 cm³/mol. The number of nitrogens with one attached hydrogen (secondary N) is 2. The van der Waals surface area contributed by atoms with Crippen LogP contribution in [0.15, 0.2) is 35.5 Å². The first-order valence-electron chi connectivity index (χ1n) is 8.74. The van der Waals surface area contributed by atoms with E-state index in [4.69, 9.17) is 27.4 Å². The van der Waals surface area contributed by atoms with Crippen LogP contribution >= 0.6 is 12.2 Å². The van der Waals surface area contributed by atoms with E-state index in [0.717, 1.165) is 5.56 Å². The Morgan fingerprint density at radius 2 is 2.04 bits per heavy atom. The lowest BCUT2D eigenvalue weighted by atomic mass is 9.81. The standard InChI is InChI=1S/C19H22N4O3S/c1-4-25-12-9-7-6-8-11(12)14-13(18(24)26-5-2)10(3)21-17-15(14)16(20)22-19(27)23-17/h6-9,14H,4-5H2,1-3H3,(H4,20,21,22,23,27). The zero-order chi connectivity index (χ0) is 19.6. The van der Waals surface area contributed by atoms with Gasteiger partial charge in [0.05, 0.1) is 24.7 Å². The summed E-state index contributed by atoms with van der Waals surface area (Å²) in [5.41, 5.74) is 8.82. The number of para-hydroxylation sites is 1. The number of aromatic nitrogens is 2. The molecule has 27 heavy (non-hydrogen) atoms. The van der Waals surface area contributed by atoms with Crippen molar-refractivity contribution in [1.29, 1.82) is 0 Å². The number of carbonyl (C=O) groups excluding carboxylic acids is 1. The molecule has 1 unspecified atom stereocenters. The van der Waals surface area contributed by atoms with Crippen molar-refractivity contribution in [1.82, 2.24) is 9.97 Å². The molecule has 0 amide bonds. The normalized spacial score (nSPS) is 15.7. The van der Waals surface area contributed by atoms with Gasteiger partial charge in [0.25, 0.3) is 0 Å². The van der Waals surface area contributed by atoms with Crippen molar-refractivity contribution in [2.24, 2.45) is 0 Å². The minimum Gasteiger partial charge on any atom is -0.494 e. The van der Waals surface area contributed by atoms with Crippen LogP contribution in [0.4, 0.5) is 11.6 Å². The molecule has 1 aromatic heterocycles. The van der Waals surface area contributed by atoms with Crippen LogP contribution in [0.2, 0.25) is 0 Å². The number of carbonyl (C=O) groups is 1. The highest BCUT2D eigenvalue weighted by Crippen LogP contribution is 2.46. The molecule has 1 aromatic carbocycles. The summed E-state index contributed by atoms with van der Waals surface area (Å²) in [6.07, 6.45) is 0. The molecule has 2 aromatic rings. The van der Waals surface area contributed by atoms with E-state index in [9.17, 15) is 4.79 Å². The van der Waals surface area contributed by atoms with E-state index in [1.807, 2.05) is 38.1 Å². The third kappa shape index (κ3) is 3.52. The molecular formula is C19H22N4O3S. The highest BCUT2D eigenvalue weighted by atomic mass is 32.1. The summed E-state index contributed by atoms with van der Waals surface area (Å²) in [6, 6.07) is 7.56. The number of ether oxygens (including phenoxy) is 2. The summed E-state index contributed by atoms with van der Waals surface area (Å²) in [5, 5.41) is 3.14. The number of hydrogen-bond acceptors (Lipinski definition) is 7. The van der Waals surface area contributed by atoms with Gasteiger partial charge in [-0.1, -0.05) is 18.2 Å². The first kappa shape index (κ1) is 18.9. The Kier molecular flexibility index (Phi) is 5.46. The van der Waals surface area contributed by atoms with Crippen LogP contribution in [0.5, 0.6) is 5.75 Å². The molecule has 1 aliphatic heterocycles. The molecule has 4 N–H and O–H groups in total. The van der Waals surface area contributed by atoms with E-state index >= 15 is 0 Å². The molecule has 0 aliphatic carbocycles. The van der Waals surface area contributed by atoms with E-state index in [2.05, 4.69) is 15.3 Å². The summed E-state index contributed by atoms with van der Waals surface area (Å²) < 4.78 is 11.4. The molecular weight excluding hydrogens is 364 g/mol. The highest BCUT2D eigenvalue weighted by molar-refractivity contribution is 7.71. The summed E-state index contributed by atoms with van der Waals surface area (Å²) in [6.45, 7) is 6.26. The minimum atomic E-state index is -0.498. The topological polar surface area (TPSA) is 102 Å². The van der Waals surface area contributed by atoms with Gasteiger partial charge < -0.3 is 25.5 Å². The van der Waals surface area contributed by atoms with E-state index in [0.29, 0.717) is 40.8 Å². The zero-order valence-electron chi connectivity index (χ0n) is 15.5. The molecule has 1 aliphatic rings. The molecule has 0 bridgehead atoms. The second kappa shape index (κ2) is 7.79. The molecule has 1 atom stereocenters. The van der Waals surface area contributed by atoms with Crippen LogP contribution in [-0.4, -0.2) is 29.2 Å². The Labute approximate surface area is 162 Å². The molecule has 8 heteroatoms. The fourth-order valence-corrected chi connectivity index (χ4v) is 3.49. The smallest absolute Gasteiger partial charge is 0.336 e. The molecule has 142 valence electrons. The van der Waals surface area contributed by atoms with Gasteiger partial charge in [-0.3, -0.25) is 0 Å². The van der Waals surface area contributed by atoms with Crippen LogP contribution in [-0.2, 0) is 9.53 Å². The molecule has 2 heterocycles. The van der Waals surface area contributed by atoms with Gasteiger partial charge in [-0.15, -0.1) is 0 Å². The fourth-order valence-electron chi connectivity index (χ4n) is 3.29. The SMILES string of the molecule is CCOC(=O)C1=C(C)Nc2nc(=S)[nH]c(N)c2C1c1ccccc1OCC. The molecule has 0 saturated heterocycles. The van der Waals surface area contributed by atoms with Crippen LogP contribution in [0.1, 0.15) is 37.8 Å². The Morgan fingerprint density at radius 3 is 2.74 bits per heavy atom. The van der Waals surface area contributed by atoms with Gasteiger partial charge in [0.1, 0.15) is 17.4 Å². The van der Waals surface area contributed by atoms with Crippen LogP contribution in [0, 0.1) is 4.77 Å². The maximum absolute atomic E-state index is 12.8. The third-order valence-electron chi connectivity index (χ3n) is 4.31. The minimum absolute atomic E-state index is 0.267. The molecule has 3 rings (SSSR count). The molecule has 0 saturated carbocycles. The van der Waals surface area contributed by atoms with Crippen molar-refractivity contribution in [3.8, 4) is 5.75 Å². The second-order valence-corrected chi connectivity index (χ2v) is 6.39. The van der Waals surface area contributed by atoms with Crippen molar-refractivity contribution < 1.29 is 14.3 Å². The number of fused-ring (bicyclic) bond motifs is 1. The Balaban J connectivity index is 2.29. The molecule has 0 spiro atoms. The van der Waals surface area contributed by atoms with Crippen molar-refractivity contribution in [2.45, 2.75) is 26.7 Å². The number of nitrogens with zero attached hydrogens (tertiary/aromatic N) is 1. The van der Waals surface area contributed by atoms with E-state index in [1.54, 1.807) is 6.92 Å². The number of H-pyrrole nitrogens is 1. The van der Waals surface area contributed by atoms with Gasteiger partial charge in [-0.05, 0) is 39.1 Å². The average Bonchev–Trinajstić information content (AvgIpc) is 2.61. The van der Waals surface area contributed by atoms with Gasteiger partial charge in [-0.25, -0.2) is 9.78 Å². The lowest BCUT2D eigenvalue weighted by Crippen LogP contribution is -2.27. The van der Waals surface area contributed by atoms with Gasteiger partial charge in [0.2, 0.25) is 0 Å². The highest BCUT2D eigenvalue weighted by Gasteiger charge is 2.37. The number of hydrogen-bond donors (Lipinski definition) is 3. The lowest BCUT2D eigenvalue weighted by Gasteiger charge is -2.30. The van der Waals surface area contributed by atoms with Crippen molar-refractivity contribution in [3.05, 3.63) is 51.4 Å².